The molecule has 3 rings (SSSR count). The van der Waals surface area contributed by atoms with Crippen LogP contribution in [-0.4, -0.2) is 32.0 Å². The van der Waals surface area contributed by atoms with Crippen LogP contribution in [0.2, 0.25) is 0 Å². The Morgan fingerprint density at radius 1 is 1.08 bits per heavy atom. The zero-order chi connectivity index (χ0) is 17.1. The second-order valence-corrected chi connectivity index (χ2v) is 5.15. The van der Waals surface area contributed by atoms with Gasteiger partial charge in [0.1, 0.15) is 6.33 Å². The average molecular weight is 322 g/mol. The third-order valence-corrected chi connectivity index (χ3v) is 3.49. The highest BCUT2D eigenvalue weighted by Crippen LogP contribution is 2.17. The minimum absolute atomic E-state index is 0.281. The van der Waals surface area contributed by atoms with Crippen LogP contribution in [0.1, 0.15) is 26.3 Å². The highest BCUT2D eigenvalue weighted by Gasteiger charge is 2.11. The van der Waals surface area contributed by atoms with Gasteiger partial charge in [-0.3, -0.25) is 9.59 Å². The molecular weight excluding hydrogens is 308 g/mol. The fraction of sp³-hybridized carbons (Fsp3) is 0.0625. The number of tetrazole rings is 1. The fourth-order valence-electron chi connectivity index (χ4n) is 2.19. The molecule has 1 heterocycles. The van der Waals surface area contributed by atoms with Crippen LogP contribution >= 0.6 is 0 Å². The summed E-state index contributed by atoms with van der Waals surface area (Å²) in [6.45, 7) is 1.90. The zero-order valence-electron chi connectivity index (χ0n) is 12.8. The Morgan fingerprint density at radius 3 is 2.42 bits per heavy atom. The van der Waals surface area contributed by atoms with Crippen molar-refractivity contribution in [2.45, 2.75) is 6.92 Å². The van der Waals surface area contributed by atoms with Crippen molar-refractivity contribution in [2.24, 2.45) is 5.73 Å². The minimum atomic E-state index is -0.516. The molecule has 0 aliphatic carbocycles. The Hall–Kier alpha value is -3.55. The summed E-state index contributed by atoms with van der Waals surface area (Å²) >= 11 is 0. The first-order chi connectivity index (χ1) is 11.5. The minimum Gasteiger partial charge on any atom is -0.366 e. The van der Waals surface area contributed by atoms with Crippen LogP contribution in [-0.2, 0) is 0 Å². The molecule has 8 nitrogen and oxygen atoms in total. The van der Waals surface area contributed by atoms with Crippen molar-refractivity contribution in [1.29, 1.82) is 0 Å². The number of aromatic nitrogens is 4. The van der Waals surface area contributed by atoms with Crippen LogP contribution in [0.3, 0.4) is 0 Å². The van der Waals surface area contributed by atoms with Crippen molar-refractivity contribution in [3.8, 4) is 5.69 Å². The number of aryl methyl sites for hydroxylation is 1. The van der Waals surface area contributed by atoms with Gasteiger partial charge in [0.05, 0.1) is 5.69 Å². The lowest BCUT2D eigenvalue weighted by atomic mass is 10.1. The molecule has 2 aromatic carbocycles. The first-order valence-electron chi connectivity index (χ1n) is 7.10. The van der Waals surface area contributed by atoms with E-state index in [2.05, 4.69) is 20.8 Å². The molecule has 0 atom stereocenters. The number of carbonyl (C=O) groups is 2. The number of rotatable bonds is 4. The largest absolute Gasteiger partial charge is 0.366 e. The number of benzene rings is 2. The molecule has 8 heteroatoms. The smallest absolute Gasteiger partial charge is 0.255 e. The number of carbonyl (C=O) groups excluding carboxylic acids is 2. The molecule has 0 spiro atoms. The van der Waals surface area contributed by atoms with Gasteiger partial charge in [0.25, 0.3) is 5.91 Å². The van der Waals surface area contributed by atoms with E-state index in [9.17, 15) is 9.59 Å². The lowest BCUT2D eigenvalue weighted by Gasteiger charge is -2.09. The molecule has 0 fully saturated rings. The van der Waals surface area contributed by atoms with Gasteiger partial charge in [0.15, 0.2) is 0 Å². The van der Waals surface area contributed by atoms with Gasteiger partial charge in [-0.15, -0.1) is 5.10 Å². The highest BCUT2D eigenvalue weighted by molar-refractivity contribution is 6.05. The molecule has 0 radical (unpaired) electrons. The van der Waals surface area contributed by atoms with E-state index >= 15 is 0 Å². The number of nitrogens with two attached hydrogens (primary N) is 1. The van der Waals surface area contributed by atoms with Crippen molar-refractivity contribution in [3.63, 3.8) is 0 Å². The van der Waals surface area contributed by atoms with Gasteiger partial charge in [0, 0.05) is 16.8 Å². The molecule has 0 unspecified atom stereocenters. The van der Waals surface area contributed by atoms with E-state index < -0.39 is 5.91 Å². The second-order valence-electron chi connectivity index (χ2n) is 5.15. The van der Waals surface area contributed by atoms with E-state index in [-0.39, 0.29) is 5.91 Å². The maximum atomic E-state index is 12.4. The average Bonchev–Trinajstić information content (AvgIpc) is 3.10. The summed E-state index contributed by atoms with van der Waals surface area (Å²) < 4.78 is 1.49. The molecule has 0 aliphatic rings. The Bertz CT molecular complexity index is 887. The summed E-state index contributed by atoms with van der Waals surface area (Å²) in [7, 11) is 0. The molecule has 3 N–H and O–H groups in total. The summed E-state index contributed by atoms with van der Waals surface area (Å²) in [5, 5.41) is 13.8. The monoisotopic (exact) mass is 322 g/mol. The Balaban J connectivity index is 1.82. The molecule has 120 valence electrons. The Labute approximate surface area is 137 Å². The van der Waals surface area contributed by atoms with Crippen LogP contribution in [0, 0.1) is 6.92 Å². The van der Waals surface area contributed by atoms with Crippen molar-refractivity contribution < 1.29 is 9.59 Å². The highest BCUT2D eigenvalue weighted by atomic mass is 16.2. The fourth-order valence-corrected chi connectivity index (χ4v) is 2.19. The molecule has 0 aliphatic heterocycles. The standard InChI is InChI=1S/C16H14N6O2/c1-10-2-3-12(8-14(10)22-9-18-20-21-22)16(24)19-13-6-4-11(5-7-13)15(17)23/h2-9H,1H3,(H2,17,23)(H,19,24). The predicted octanol–water partition coefficient (Wildman–Crippen LogP) is 1.32. The van der Waals surface area contributed by atoms with Gasteiger partial charge in [-0.05, 0) is 59.3 Å². The van der Waals surface area contributed by atoms with Crippen molar-refractivity contribution in [2.75, 3.05) is 5.32 Å². The van der Waals surface area contributed by atoms with Gasteiger partial charge in [-0.1, -0.05) is 6.07 Å². The van der Waals surface area contributed by atoms with Crippen LogP contribution in [0.5, 0.6) is 0 Å². The molecule has 0 saturated carbocycles. The number of primary amides is 1. The number of nitrogens with one attached hydrogen (secondary N) is 1. The second kappa shape index (κ2) is 6.29. The molecule has 0 bridgehead atoms. The zero-order valence-corrected chi connectivity index (χ0v) is 12.8. The van der Waals surface area contributed by atoms with E-state index in [1.165, 1.54) is 11.0 Å². The third-order valence-electron chi connectivity index (χ3n) is 3.49. The summed E-state index contributed by atoms with van der Waals surface area (Å²) in [6, 6.07) is 11.6. The van der Waals surface area contributed by atoms with Gasteiger partial charge in [-0.25, -0.2) is 4.68 Å². The van der Waals surface area contributed by atoms with Crippen molar-refractivity contribution >= 4 is 17.5 Å². The molecule has 1 aromatic heterocycles. The molecule has 3 aromatic rings. The van der Waals surface area contributed by atoms with Crippen molar-refractivity contribution in [3.05, 3.63) is 65.5 Å². The maximum absolute atomic E-state index is 12.4. The lowest BCUT2D eigenvalue weighted by molar-refractivity contribution is 0.0998. The van der Waals surface area contributed by atoms with E-state index in [0.29, 0.717) is 16.8 Å². The summed E-state index contributed by atoms with van der Waals surface area (Å²) in [5.74, 6) is -0.798. The summed E-state index contributed by atoms with van der Waals surface area (Å²) in [5.41, 5.74) is 8.25. The number of nitrogens with zero attached hydrogens (tertiary/aromatic N) is 4. The number of anilines is 1. The van der Waals surface area contributed by atoms with E-state index in [4.69, 9.17) is 5.73 Å². The van der Waals surface area contributed by atoms with E-state index in [1.807, 2.05) is 13.0 Å². The van der Waals surface area contributed by atoms with Gasteiger partial charge in [-0.2, -0.15) is 0 Å². The lowest BCUT2D eigenvalue weighted by Crippen LogP contribution is -2.14. The van der Waals surface area contributed by atoms with E-state index in [1.54, 1.807) is 36.4 Å². The summed E-state index contributed by atoms with van der Waals surface area (Å²) in [4.78, 5) is 23.5. The molecule has 2 amide bonds. The van der Waals surface area contributed by atoms with Gasteiger partial charge in [0.2, 0.25) is 5.91 Å². The molecular formula is C16H14N6O2. The Morgan fingerprint density at radius 2 is 1.79 bits per heavy atom. The van der Waals surface area contributed by atoms with Gasteiger partial charge >= 0.3 is 0 Å². The van der Waals surface area contributed by atoms with E-state index in [0.717, 1.165) is 11.3 Å². The quantitative estimate of drug-likeness (QED) is 0.751. The third kappa shape index (κ3) is 3.12. The number of hydrogen-bond acceptors (Lipinski definition) is 5. The summed E-state index contributed by atoms with van der Waals surface area (Å²) in [6.07, 6.45) is 1.46. The molecule has 0 saturated heterocycles. The van der Waals surface area contributed by atoms with Crippen molar-refractivity contribution in [1.82, 2.24) is 20.2 Å². The van der Waals surface area contributed by atoms with Crippen LogP contribution in [0.4, 0.5) is 5.69 Å². The van der Waals surface area contributed by atoms with Crippen LogP contribution in [0.25, 0.3) is 5.69 Å². The Kier molecular flexibility index (Phi) is 4.02. The number of amides is 2. The first kappa shape index (κ1) is 15.3. The van der Waals surface area contributed by atoms with Crippen LogP contribution in [0.15, 0.2) is 48.8 Å². The first-order valence-corrected chi connectivity index (χ1v) is 7.10. The molecule has 24 heavy (non-hydrogen) atoms. The predicted molar refractivity (Wildman–Crippen MR) is 86.8 cm³/mol. The van der Waals surface area contributed by atoms with Gasteiger partial charge < -0.3 is 11.1 Å². The maximum Gasteiger partial charge on any atom is 0.255 e. The number of hydrogen-bond donors (Lipinski definition) is 2. The normalized spacial score (nSPS) is 10.4. The van der Waals surface area contributed by atoms with Crippen LogP contribution < -0.4 is 11.1 Å². The topological polar surface area (TPSA) is 116 Å². The SMILES string of the molecule is Cc1ccc(C(=O)Nc2ccc(C(N)=O)cc2)cc1-n1cnnn1.